The zero-order valence-electron chi connectivity index (χ0n) is 7.56. The van der Waals surface area contributed by atoms with E-state index in [1.54, 1.807) is 25.4 Å². The zero-order valence-corrected chi connectivity index (χ0v) is 8.38. The second-order valence-corrected chi connectivity index (χ2v) is 4.77. The Hall–Kier alpha value is -1.16. The van der Waals surface area contributed by atoms with E-state index in [-0.39, 0.29) is 0 Å². The quantitative estimate of drug-likeness (QED) is 0.721. The molecule has 1 aromatic heterocycles. The fourth-order valence-corrected chi connectivity index (χ4v) is 1.76. The van der Waals surface area contributed by atoms with Gasteiger partial charge < -0.3 is 0 Å². The Labute approximate surface area is 78.0 Å². The van der Waals surface area contributed by atoms with Crippen LogP contribution in [-0.4, -0.2) is 19.7 Å². The van der Waals surface area contributed by atoms with Gasteiger partial charge in [0, 0.05) is 24.1 Å². The molecule has 1 rings (SSSR count). The van der Waals surface area contributed by atoms with Crippen molar-refractivity contribution >= 4 is 15.4 Å². The number of nitrogens with zero attached hydrogens (tertiary/aromatic N) is 1. The molecule has 0 atom stereocenters. The Kier molecular flexibility index (Phi) is 2.83. The maximum atomic E-state index is 10.9. The minimum atomic E-state index is -3.06. The molecule has 0 aliphatic rings. The number of sulfone groups is 1. The van der Waals surface area contributed by atoms with Crippen LogP contribution in [0.1, 0.15) is 12.5 Å². The largest absolute Gasteiger partial charge is 0.264 e. The van der Waals surface area contributed by atoms with E-state index in [4.69, 9.17) is 0 Å². The van der Waals surface area contributed by atoms with Gasteiger partial charge in [-0.3, -0.25) is 4.98 Å². The fraction of sp³-hybridized carbons (Fsp3) is 0.222. The van der Waals surface area contributed by atoms with Gasteiger partial charge in [0.2, 0.25) is 0 Å². The predicted octanol–water partition coefficient (Wildman–Crippen LogP) is 1.49. The highest BCUT2D eigenvalue weighted by molar-refractivity contribution is 7.93. The van der Waals surface area contributed by atoms with Crippen LogP contribution in [0.5, 0.6) is 0 Å². The van der Waals surface area contributed by atoms with Crippen molar-refractivity contribution in [2.24, 2.45) is 0 Å². The second-order valence-electron chi connectivity index (χ2n) is 2.87. The summed E-state index contributed by atoms with van der Waals surface area (Å²) in [7, 11) is -3.06. The highest BCUT2D eigenvalue weighted by Crippen LogP contribution is 2.12. The first-order chi connectivity index (χ1) is 5.99. The van der Waals surface area contributed by atoms with Crippen LogP contribution in [0.4, 0.5) is 0 Å². The molecule has 0 aromatic carbocycles. The van der Waals surface area contributed by atoms with Crippen molar-refractivity contribution in [2.75, 3.05) is 6.26 Å². The molecule has 70 valence electrons. The molecule has 0 spiro atoms. The summed E-state index contributed by atoms with van der Waals surface area (Å²) in [6, 6.07) is 3.60. The van der Waals surface area contributed by atoms with Gasteiger partial charge in [-0.15, -0.1) is 0 Å². The topological polar surface area (TPSA) is 47.0 Å². The molecular weight excluding hydrogens is 186 g/mol. The van der Waals surface area contributed by atoms with Crippen LogP contribution in [0, 0.1) is 0 Å². The Morgan fingerprint density at radius 1 is 1.54 bits per heavy atom. The SMILES string of the molecule is C/C(=C\S(C)(=O)=O)c1cccnc1. The Morgan fingerprint density at radius 2 is 2.23 bits per heavy atom. The van der Waals surface area contributed by atoms with Gasteiger partial charge in [0.1, 0.15) is 0 Å². The molecule has 3 nitrogen and oxygen atoms in total. The Bertz CT molecular complexity index is 407. The summed E-state index contributed by atoms with van der Waals surface area (Å²) in [6.45, 7) is 1.75. The molecule has 1 aromatic rings. The lowest BCUT2D eigenvalue weighted by Gasteiger charge is -1.98. The number of hydrogen-bond acceptors (Lipinski definition) is 3. The molecule has 0 aliphatic heterocycles. The molecule has 1 heterocycles. The van der Waals surface area contributed by atoms with Crippen LogP contribution in [0.3, 0.4) is 0 Å². The third-order valence-electron chi connectivity index (χ3n) is 1.51. The summed E-state index contributed by atoms with van der Waals surface area (Å²) in [6.07, 6.45) is 4.46. The van der Waals surface area contributed by atoms with E-state index < -0.39 is 9.84 Å². The van der Waals surface area contributed by atoms with E-state index in [0.29, 0.717) is 5.57 Å². The molecule has 0 saturated carbocycles. The van der Waals surface area contributed by atoms with E-state index in [2.05, 4.69) is 4.98 Å². The van der Waals surface area contributed by atoms with Gasteiger partial charge in [-0.2, -0.15) is 0 Å². The van der Waals surface area contributed by atoms with E-state index in [1.165, 1.54) is 11.7 Å². The summed E-state index contributed by atoms with van der Waals surface area (Å²) in [5, 5.41) is 1.24. The maximum Gasteiger partial charge on any atom is 0.169 e. The van der Waals surface area contributed by atoms with Crippen molar-refractivity contribution in [1.29, 1.82) is 0 Å². The van der Waals surface area contributed by atoms with Crippen LogP contribution in [0.15, 0.2) is 29.9 Å². The predicted molar refractivity (Wildman–Crippen MR) is 52.7 cm³/mol. The van der Waals surface area contributed by atoms with Crippen LogP contribution in [-0.2, 0) is 9.84 Å². The van der Waals surface area contributed by atoms with Gasteiger partial charge in [-0.1, -0.05) is 6.07 Å². The van der Waals surface area contributed by atoms with Crippen LogP contribution < -0.4 is 0 Å². The van der Waals surface area contributed by atoms with E-state index in [1.807, 2.05) is 6.07 Å². The lowest BCUT2D eigenvalue weighted by atomic mass is 10.2. The molecule has 0 unspecified atom stereocenters. The van der Waals surface area contributed by atoms with Gasteiger partial charge in [0.15, 0.2) is 9.84 Å². The standard InChI is InChI=1S/C9H11NO2S/c1-8(7-13(2,11)12)9-4-3-5-10-6-9/h3-7H,1-2H3/b8-7+. The van der Waals surface area contributed by atoms with Crippen molar-refractivity contribution < 1.29 is 8.42 Å². The number of rotatable bonds is 2. The van der Waals surface area contributed by atoms with Crippen molar-refractivity contribution in [2.45, 2.75) is 6.92 Å². The molecule has 0 bridgehead atoms. The average molecular weight is 197 g/mol. The average Bonchev–Trinajstić information content (AvgIpc) is 2.03. The Morgan fingerprint density at radius 3 is 2.69 bits per heavy atom. The molecule has 0 amide bonds. The lowest BCUT2D eigenvalue weighted by molar-refractivity contribution is 0.610. The highest BCUT2D eigenvalue weighted by atomic mass is 32.2. The van der Waals surface area contributed by atoms with Crippen LogP contribution in [0.25, 0.3) is 5.57 Å². The lowest BCUT2D eigenvalue weighted by Crippen LogP contribution is -1.91. The molecule has 0 N–H and O–H groups in total. The first-order valence-corrected chi connectivity index (χ1v) is 5.73. The van der Waals surface area contributed by atoms with Gasteiger partial charge in [0.25, 0.3) is 0 Å². The summed E-state index contributed by atoms with van der Waals surface area (Å²) < 4.78 is 21.8. The van der Waals surface area contributed by atoms with Gasteiger partial charge in [0.05, 0.1) is 0 Å². The molecule has 0 saturated heterocycles. The van der Waals surface area contributed by atoms with E-state index in [0.717, 1.165) is 5.56 Å². The van der Waals surface area contributed by atoms with Crippen LogP contribution >= 0.6 is 0 Å². The maximum absolute atomic E-state index is 10.9. The van der Waals surface area contributed by atoms with Gasteiger partial charge in [-0.05, 0) is 24.1 Å². The molecule has 0 aliphatic carbocycles. The molecule has 0 radical (unpaired) electrons. The fourth-order valence-electron chi connectivity index (χ4n) is 0.985. The third kappa shape index (κ3) is 3.38. The van der Waals surface area contributed by atoms with Crippen molar-refractivity contribution in [3.63, 3.8) is 0 Å². The first kappa shape index (κ1) is 9.92. The Balaban J connectivity index is 3.06. The second kappa shape index (κ2) is 3.70. The van der Waals surface area contributed by atoms with Crippen molar-refractivity contribution in [3.8, 4) is 0 Å². The molecule has 0 fully saturated rings. The number of aromatic nitrogens is 1. The van der Waals surface area contributed by atoms with Crippen molar-refractivity contribution in [3.05, 3.63) is 35.5 Å². The number of hydrogen-bond donors (Lipinski definition) is 0. The summed E-state index contributed by atoms with van der Waals surface area (Å²) >= 11 is 0. The van der Waals surface area contributed by atoms with Crippen LogP contribution in [0.2, 0.25) is 0 Å². The monoisotopic (exact) mass is 197 g/mol. The van der Waals surface area contributed by atoms with E-state index in [9.17, 15) is 8.42 Å². The highest BCUT2D eigenvalue weighted by Gasteiger charge is 2.00. The summed E-state index contributed by atoms with van der Waals surface area (Å²) in [5.74, 6) is 0. The molecule has 13 heavy (non-hydrogen) atoms. The minimum absolute atomic E-state index is 0.704. The first-order valence-electron chi connectivity index (χ1n) is 3.78. The third-order valence-corrected chi connectivity index (χ3v) is 2.29. The minimum Gasteiger partial charge on any atom is -0.264 e. The van der Waals surface area contributed by atoms with Gasteiger partial charge in [-0.25, -0.2) is 8.42 Å². The van der Waals surface area contributed by atoms with Gasteiger partial charge >= 0.3 is 0 Å². The van der Waals surface area contributed by atoms with Crippen molar-refractivity contribution in [1.82, 2.24) is 4.98 Å². The molecular formula is C9H11NO2S. The molecule has 4 heteroatoms. The summed E-state index contributed by atoms with van der Waals surface area (Å²) in [4.78, 5) is 3.90. The number of pyridine rings is 1. The zero-order chi connectivity index (χ0) is 9.90. The normalized spacial score (nSPS) is 12.9. The smallest absolute Gasteiger partial charge is 0.169 e. The summed E-state index contributed by atoms with van der Waals surface area (Å²) in [5.41, 5.74) is 1.53. The van der Waals surface area contributed by atoms with E-state index >= 15 is 0 Å². The number of allylic oxidation sites excluding steroid dienone is 1.